The molecule has 34 heavy (non-hydrogen) atoms. The minimum Gasteiger partial charge on any atom is -0.768 e. The van der Waals surface area contributed by atoms with Gasteiger partial charge < -0.3 is 15.4 Å². The van der Waals surface area contributed by atoms with E-state index in [1.807, 2.05) is 0 Å². The van der Waals surface area contributed by atoms with Crippen molar-refractivity contribution in [3.05, 3.63) is 36.4 Å². The van der Waals surface area contributed by atoms with Gasteiger partial charge in [-0.25, -0.2) is 0 Å². The molecule has 14 nitrogen and oxygen atoms in total. The number of phenols is 1. The Morgan fingerprint density at radius 2 is 1.53 bits per heavy atom. The number of rotatable bonds is 6. The Morgan fingerprint density at radius 3 is 2.09 bits per heavy atom. The molecule has 0 spiro atoms. The van der Waals surface area contributed by atoms with Crippen LogP contribution in [0.4, 0.5) is 22.7 Å². The van der Waals surface area contributed by atoms with E-state index >= 15 is 0 Å². The smallest absolute Gasteiger partial charge is 0.296 e. The van der Waals surface area contributed by atoms with E-state index in [0.717, 1.165) is 18.2 Å². The highest BCUT2D eigenvalue weighted by Gasteiger charge is 2.24. The molecule has 0 saturated carbocycles. The Labute approximate surface area is 194 Å². The Kier molecular flexibility index (Phi) is 6.78. The van der Waals surface area contributed by atoms with Gasteiger partial charge in [-0.15, -0.1) is 10.2 Å². The maximum absolute atomic E-state index is 11.9. The number of nitrogens with two attached hydrogens (primary N) is 1. The maximum atomic E-state index is 11.9. The summed E-state index contributed by atoms with van der Waals surface area (Å²) < 4.78 is 88.4. The normalized spacial score (nSPS) is 13.8. The zero-order valence-corrected chi connectivity index (χ0v) is 19.3. The molecule has 3 aromatic rings. The molecule has 0 aliphatic heterocycles. The van der Waals surface area contributed by atoms with Gasteiger partial charge in [0.15, 0.2) is 5.75 Å². The molecule has 0 fully saturated rings. The molecule has 3 rings (SSSR count). The molecule has 3 aromatic carbocycles. The van der Waals surface area contributed by atoms with E-state index in [1.165, 1.54) is 19.2 Å². The summed E-state index contributed by atoms with van der Waals surface area (Å²) in [6.07, 6.45) is 0. The van der Waals surface area contributed by atoms with E-state index in [9.17, 15) is 39.8 Å². The van der Waals surface area contributed by atoms with E-state index in [4.69, 9.17) is 5.73 Å². The van der Waals surface area contributed by atoms with Gasteiger partial charge in [-0.05, 0) is 47.5 Å². The molecule has 0 radical (unpaired) electrons. The van der Waals surface area contributed by atoms with Gasteiger partial charge in [0.05, 0.1) is 5.69 Å². The number of nitrogens with zero attached hydrogens (tertiary/aromatic N) is 4. The summed E-state index contributed by atoms with van der Waals surface area (Å²) in [6.45, 7) is 0. The van der Waals surface area contributed by atoms with Crippen LogP contribution in [0.1, 0.15) is 0 Å². The highest BCUT2D eigenvalue weighted by Crippen LogP contribution is 2.45. The third-order valence-electron chi connectivity index (χ3n) is 4.37. The number of nitrogen functional groups attached to an aromatic ring is 1. The molecule has 1 unspecified atom stereocenters. The van der Waals surface area contributed by atoms with Crippen LogP contribution in [0.15, 0.2) is 71.5 Å². The molecule has 0 bridgehead atoms. The molecular formula is C17H14N5O9S3-. The van der Waals surface area contributed by atoms with E-state index < -0.39 is 63.1 Å². The van der Waals surface area contributed by atoms with Gasteiger partial charge in [0, 0.05) is 22.7 Å². The quantitative estimate of drug-likeness (QED) is 0.157. The second-order valence-electron chi connectivity index (χ2n) is 6.48. The Bertz CT molecular complexity index is 1620. The van der Waals surface area contributed by atoms with Crippen LogP contribution in [0.2, 0.25) is 0 Å². The molecule has 0 heterocycles. The van der Waals surface area contributed by atoms with Crippen molar-refractivity contribution in [3.63, 3.8) is 0 Å². The first-order valence-corrected chi connectivity index (χ1v) is 12.7. The number of hydrogen-bond donors (Lipinski definition) is 4. The Hall–Kier alpha value is -3.35. The maximum Gasteiger partial charge on any atom is 0.296 e. The fourth-order valence-electron chi connectivity index (χ4n) is 2.92. The second-order valence-corrected chi connectivity index (χ2v) is 10.2. The van der Waals surface area contributed by atoms with Crippen LogP contribution in [0.3, 0.4) is 0 Å². The SMILES string of the molecule is CN=Nc1c(S(=O)(=O)O)cc2c(N=Nc3ccc(S(=O)[O-])cc3S(=O)(=O)O)c(N)ccc2c1O. The molecular weight excluding hydrogens is 514 g/mol. The summed E-state index contributed by atoms with van der Waals surface area (Å²) in [6, 6.07) is 6.12. The highest BCUT2D eigenvalue weighted by molar-refractivity contribution is 7.86. The first-order chi connectivity index (χ1) is 15.8. The summed E-state index contributed by atoms with van der Waals surface area (Å²) in [7, 11) is -8.62. The van der Waals surface area contributed by atoms with Gasteiger partial charge in [-0.1, -0.05) is 0 Å². The number of aromatic hydroxyl groups is 1. The Morgan fingerprint density at radius 1 is 0.882 bits per heavy atom. The molecule has 5 N–H and O–H groups in total. The van der Waals surface area contributed by atoms with Crippen molar-refractivity contribution in [1.82, 2.24) is 0 Å². The van der Waals surface area contributed by atoms with Crippen LogP contribution in [0.5, 0.6) is 5.75 Å². The highest BCUT2D eigenvalue weighted by atomic mass is 32.2. The monoisotopic (exact) mass is 528 g/mol. The van der Waals surface area contributed by atoms with Gasteiger partial charge in [-0.2, -0.15) is 27.1 Å². The molecule has 0 aliphatic carbocycles. The lowest BCUT2D eigenvalue weighted by Crippen LogP contribution is -2.00. The van der Waals surface area contributed by atoms with E-state index in [-0.39, 0.29) is 22.1 Å². The number of benzene rings is 3. The summed E-state index contributed by atoms with van der Waals surface area (Å²) in [5.74, 6) is -0.673. The predicted octanol–water partition coefficient (Wildman–Crippen LogP) is 2.99. The van der Waals surface area contributed by atoms with Crippen LogP contribution in [-0.2, 0) is 31.3 Å². The summed E-state index contributed by atoms with van der Waals surface area (Å²) in [5, 5.41) is 24.9. The second kappa shape index (κ2) is 9.12. The number of anilines is 1. The minimum atomic E-state index is -4.92. The predicted molar refractivity (Wildman–Crippen MR) is 118 cm³/mol. The Balaban J connectivity index is 2.33. The van der Waals surface area contributed by atoms with Crippen molar-refractivity contribution in [1.29, 1.82) is 0 Å². The van der Waals surface area contributed by atoms with Crippen LogP contribution in [0.25, 0.3) is 10.8 Å². The van der Waals surface area contributed by atoms with Crippen LogP contribution in [-0.4, -0.2) is 46.9 Å². The van der Waals surface area contributed by atoms with Crippen molar-refractivity contribution in [2.24, 2.45) is 20.5 Å². The summed E-state index contributed by atoms with van der Waals surface area (Å²) in [5.41, 5.74) is 4.56. The molecule has 17 heteroatoms. The first-order valence-electron chi connectivity index (χ1n) is 8.73. The molecule has 0 aliphatic rings. The molecule has 0 aromatic heterocycles. The average molecular weight is 529 g/mol. The van der Waals surface area contributed by atoms with Crippen LogP contribution < -0.4 is 5.73 Å². The number of phenolic OH excluding ortho intramolecular Hbond substituents is 1. The van der Waals surface area contributed by atoms with Gasteiger partial charge in [0.1, 0.15) is 26.9 Å². The lowest BCUT2D eigenvalue weighted by atomic mass is 10.1. The van der Waals surface area contributed by atoms with Gasteiger partial charge in [0.25, 0.3) is 20.2 Å². The first kappa shape index (κ1) is 25.3. The zero-order valence-electron chi connectivity index (χ0n) is 16.8. The number of fused-ring (bicyclic) bond motifs is 1. The van der Waals surface area contributed by atoms with Gasteiger partial charge in [-0.3, -0.25) is 13.3 Å². The fraction of sp³-hybridized carbons (Fsp3) is 0.0588. The number of hydrogen-bond acceptors (Lipinski definition) is 12. The van der Waals surface area contributed by atoms with Crippen molar-refractivity contribution in [2.75, 3.05) is 12.8 Å². The molecule has 0 saturated heterocycles. The third kappa shape index (κ3) is 4.93. The lowest BCUT2D eigenvalue weighted by Gasteiger charge is -2.11. The topological polar surface area (TPSA) is 245 Å². The van der Waals surface area contributed by atoms with E-state index in [1.54, 1.807) is 0 Å². The van der Waals surface area contributed by atoms with Gasteiger partial charge >= 0.3 is 0 Å². The lowest BCUT2D eigenvalue weighted by molar-refractivity contribution is 0.472. The van der Waals surface area contributed by atoms with Gasteiger partial charge in [0.2, 0.25) is 0 Å². The van der Waals surface area contributed by atoms with Crippen molar-refractivity contribution in [2.45, 2.75) is 14.7 Å². The zero-order chi connectivity index (χ0) is 25.4. The average Bonchev–Trinajstić information content (AvgIpc) is 2.73. The standard InChI is InChI=1S/C17H15N5O9S3/c1-19-21-16-14(34(29,30)31)7-10-9(17(16)23)3-4-11(18)15(10)22-20-12-5-2-8(32(24)25)6-13(12)33(26,27)28/h2-7,23H,18H2,1H3,(H,24,25)(H,26,27,28)(H,29,30,31)/p-1. The van der Waals surface area contributed by atoms with Crippen LogP contribution in [0, 0.1) is 0 Å². The van der Waals surface area contributed by atoms with Crippen LogP contribution >= 0.6 is 0 Å². The molecule has 1 atom stereocenters. The van der Waals surface area contributed by atoms with E-state index in [2.05, 4.69) is 20.5 Å². The third-order valence-corrected chi connectivity index (χ3v) is 6.76. The molecule has 0 amide bonds. The molecule has 180 valence electrons. The minimum absolute atomic E-state index is 0.00921. The number of azo groups is 2. The van der Waals surface area contributed by atoms with Crippen molar-refractivity contribution < 1.29 is 39.8 Å². The largest absolute Gasteiger partial charge is 0.768 e. The summed E-state index contributed by atoms with van der Waals surface area (Å²) in [4.78, 5) is -2.13. The van der Waals surface area contributed by atoms with Crippen molar-refractivity contribution >= 4 is 64.8 Å². The van der Waals surface area contributed by atoms with E-state index in [0.29, 0.717) is 6.07 Å². The van der Waals surface area contributed by atoms with Crippen molar-refractivity contribution in [3.8, 4) is 5.75 Å². The summed E-state index contributed by atoms with van der Waals surface area (Å²) >= 11 is -2.81. The fourth-order valence-corrected chi connectivity index (χ4v) is 4.68.